The first-order valence-corrected chi connectivity index (χ1v) is 9.70. The Balaban J connectivity index is 1.72. The van der Waals surface area contributed by atoms with E-state index in [9.17, 15) is 13.2 Å². The molecule has 25 heavy (non-hydrogen) atoms. The highest BCUT2D eigenvalue weighted by molar-refractivity contribution is 7.89. The Labute approximate surface area is 148 Å². The molecule has 1 fully saturated rings. The van der Waals surface area contributed by atoms with Gasteiger partial charge in [0.25, 0.3) is 0 Å². The molecule has 1 saturated heterocycles. The van der Waals surface area contributed by atoms with Crippen LogP contribution >= 0.6 is 0 Å². The van der Waals surface area contributed by atoms with Crippen LogP contribution in [0, 0.1) is 5.92 Å². The lowest BCUT2D eigenvalue weighted by molar-refractivity contribution is 0.0875. The Bertz CT molecular complexity index is 841. The largest absolute Gasteiger partial charge is 0.495 e. The van der Waals surface area contributed by atoms with Gasteiger partial charge < -0.3 is 4.74 Å². The zero-order valence-corrected chi connectivity index (χ0v) is 14.9. The highest BCUT2D eigenvalue weighted by Crippen LogP contribution is 2.30. The predicted octanol–water partition coefficient (Wildman–Crippen LogP) is 2.98. The fraction of sp³-hybridized carbons (Fsp3) is 0.316. The number of rotatable bonds is 5. The van der Waals surface area contributed by atoms with Gasteiger partial charge in [-0.2, -0.15) is 4.31 Å². The zero-order chi connectivity index (χ0) is 17.9. The van der Waals surface area contributed by atoms with Gasteiger partial charge in [-0.25, -0.2) is 8.42 Å². The summed E-state index contributed by atoms with van der Waals surface area (Å²) in [6.45, 7) is 0.674. The van der Waals surface area contributed by atoms with E-state index in [-0.39, 0.29) is 16.6 Å². The lowest BCUT2D eigenvalue weighted by Gasteiger charge is -2.30. The summed E-state index contributed by atoms with van der Waals surface area (Å²) in [6, 6.07) is 15.8. The van der Waals surface area contributed by atoms with Gasteiger partial charge in [-0.05, 0) is 25.0 Å². The van der Waals surface area contributed by atoms with Crippen LogP contribution in [0.3, 0.4) is 0 Å². The van der Waals surface area contributed by atoms with E-state index in [4.69, 9.17) is 4.74 Å². The summed E-state index contributed by atoms with van der Waals surface area (Å²) in [6.07, 6.45) is 1.06. The summed E-state index contributed by atoms with van der Waals surface area (Å²) in [5.74, 6) is 0.298. The van der Waals surface area contributed by atoms with Crippen LogP contribution in [0.25, 0.3) is 0 Å². The number of nitrogens with zero attached hydrogens (tertiary/aromatic N) is 1. The summed E-state index contributed by atoms with van der Waals surface area (Å²) in [7, 11) is -2.16. The molecule has 0 amide bonds. The number of sulfonamides is 1. The zero-order valence-electron chi connectivity index (χ0n) is 14.1. The molecule has 0 N–H and O–H groups in total. The standard InChI is InChI=1S/C19H21NO4S/c1-24-17-9-5-6-10-18(17)25(22,23)20-13-11-16(12-14-20)19(21)15-7-3-2-4-8-15/h2-10,16H,11-14H2,1H3. The topological polar surface area (TPSA) is 63.7 Å². The third kappa shape index (κ3) is 3.60. The number of benzene rings is 2. The minimum Gasteiger partial charge on any atom is -0.495 e. The van der Waals surface area contributed by atoms with Gasteiger partial charge in [0.1, 0.15) is 10.6 Å². The first-order chi connectivity index (χ1) is 12.0. The van der Waals surface area contributed by atoms with Crippen molar-refractivity contribution >= 4 is 15.8 Å². The summed E-state index contributed by atoms with van der Waals surface area (Å²) in [4.78, 5) is 12.7. The van der Waals surface area contributed by atoms with Gasteiger partial charge in [0.2, 0.25) is 10.0 Å². The van der Waals surface area contributed by atoms with Crippen molar-refractivity contribution < 1.29 is 17.9 Å². The molecular weight excluding hydrogens is 338 g/mol. The molecule has 132 valence electrons. The highest BCUT2D eigenvalue weighted by atomic mass is 32.2. The molecule has 2 aromatic carbocycles. The van der Waals surface area contributed by atoms with Crippen molar-refractivity contribution in [3.63, 3.8) is 0 Å². The fourth-order valence-electron chi connectivity index (χ4n) is 3.17. The summed E-state index contributed by atoms with van der Waals surface area (Å²) >= 11 is 0. The number of ether oxygens (including phenoxy) is 1. The molecular formula is C19H21NO4S. The molecule has 0 spiro atoms. The molecule has 3 rings (SSSR count). The second-order valence-corrected chi connectivity index (χ2v) is 7.97. The quantitative estimate of drug-likeness (QED) is 0.770. The Morgan fingerprint density at radius 2 is 1.60 bits per heavy atom. The number of piperidine rings is 1. The lowest BCUT2D eigenvalue weighted by atomic mass is 9.90. The van der Waals surface area contributed by atoms with Crippen molar-refractivity contribution in [3.05, 3.63) is 60.2 Å². The summed E-state index contributed by atoms with van der Waals surface area (Å²) < 4.78 is 32.4. The highest BCUT2D eigenvalue weighted by Gasteiger charge is 2.33. The van der Waals surface area contributed by atoms with Crippen LogP contribution in [0.4, 0.5) is 0 Å². The molecule has 5 nitrogen and oxygen atoms in total. The van der Waals surface area contributed by atoms with Gasteiger partial charge in [-0.3, -0.25) is 4.79 Å². The molecule has 0 bridgehead atoms. The van der Waals surface area contributed by atoms with Gasteiger partial charge in [0, 0.05) is 24.6 Å². The molecule has 0 aromatic heterocycles. The number of ketones is 1. The monoisotopic (exact) mass is 359 g/mol. The maximum absolute atomic E-state index is 12.9. The van der Waals surface area contributed by atoms with Crippen LogP contribution in [0.5, 0.6) is 5.75 Å². The van der Waals surface area contributed by atoms with Crippen LogP contribution in [0.2, 0.25) is 0 Å². The number of carbonyl (C=O) groups is 1. The van der Waals surface area contributed by atoms with Crippen molar-refractivity contribution in [3.8, 4) is 5.75 Å². The van der Waals surface area contributed by atoms with Crippen molar-refractivity contribution in [2.75, 3.05) is 20.2 Å². The first kappa shape index (κ1) is 17.6. The smallest absolute Gasteiger partial charge is 0.246 e. The molecule has 1 heterocycles. The van der Waals surface area contributed by atoms with Gasteiger partial charge >= 0.3 is 0 Å². The van der Waals surface area contributed by atoms with Crippen molar-refractivity contribution in [2.45, 2.75) is 17.7 Å². The Kier molecular flexibility index (Phi) is 5.20. The molecule has 6 heteroatoms. The van der Waals surface area contributed by atoms with Gasteiger partial charge in [0.05, 0.1) is 7.11 Å². The van der Waals surface area contributed by atoms with E-state index >= 15 is 0 Å². The molecule has 0 unspecified atom stereocenters. The number of para-hydroxylation sites is 1. The van der Waals surface area contributed by atoms with Crippen molar-refractivity contribution in [1.82, 2.24) is 4.31 Å². The number of Topliss-reactive ketones (excluding diaryl/α,β-unsaturated/α-hetero) is 1. The maximum Gasteiger partial charge on any atom is 0.246 e. The summed E-state index contributed by atoms with van der Waals surface area (Å²) in [5.41, 5.74) is 0.688. The third-order valence-electron chi connectivity index (χ3n) is 4.57. The Morgan fingerprint density at radius 3 is 2.24 bits per heavy atom. The van der Waals surface area contributed by atoms with E-state index in [1.54, 1.807) is 36.4 Å². The molecule has 0 saturated carbocycles. The molecule has 1 aliphatic heterocycles. The molecule has 0 atom stereocenters. The molecule has 2 aromatic rings. The predicted molar refractivity (Wildman–Crippen MR) is 95.2 cm³/mol. The van der Waals surface area contributed by atoms with E-state index in [0.717, 1.165) is 0 Å². The van der Waals surface area contributed by atoms with Gasteiger partial charge in [-0.1, -0.05) is 42.5 Å². The molecule has 0 radical (unpaired) electrons. The van der Waals surface area contributed by atoms with Gasteiger partial charge in [-0.15, -0.1) is 0 Å². The van der Waals surface area contributed by atoms with Gasteiger partial charge in [0.15, 0.2) is 5.78 Å². The summed E-state index contributed by atoms with van der Waals surface area (Å²) in [5, 5.41) is 0. The lowest BCUT2D eigenvalue weighted by Crippen LogP contribution is -2.40. The number of hydrogen-bond donors (Lipinski definition) is 0. The van der Waals surface area contributed by atoms with Crippen molar-refractivity contribution in [1.29, 1.82) is 0 Å². The maximum atomic E-state index is 12.9. The van der Waals surface area contributed by atoms with E-state index in [2.05, 4.69) is 0 Å². The number of hydrogen-bond acceptors (Lipinski definition) is 4. The fourth-order valence-corrected chi connectivity index (χ4v) is 4.79. The van der Waals surface area contributed by atoms with E-state index in [0.29, 0.717) is 37.2 Å². The van der Waals surface area contributed by atoms with Crippen molar-refractivity contribution in [2.24, 2.45) is 5.92 Å². The number of methoxy groups -OCH3 is 1. The third-order valence-corrected chi connectivity index (χ3v) is 6.51. The second-order valence-electron chi connectivity index (χ2n) is 6.06. The molecule has 0 aliphatic carbocycles. The first-order valence-electron chi connectivity index (χ1n) is 8.26. The van der Waals surface area contributed by atoms with Crippen LogP contribution < -0.4 is 4.74 Å². The van der Waals surface area contributed by atoms with Crippen LogP contribution in [0.1, 0.15) is 23.2 Å². The SMILES string of the molecule is COc1ccccc1S(=O)(=O)N1CCC(C(=O)c2ccccc2)CC1. The minimum atomic E-state index is -3.62. The van der Waals surface area contributed by atoms with Crippen LogP contribution in [-0.2, 0) is 10.0 Å². The van der Waals surface area contributed by atoms with E-state index < -0.39 is 10.0 Å². The Hall–Kier alpha value is -2.18. The molecule has 1 aliphatic rings. The average Bonchev–Trinajstić information content (AvgIpc) is 2.68. The van der Waals surface area contributed by atoms with E-state index in [1.165, 1.54) is 11.4 Å². The van der Waals surface area contributed by atoms with Crippen LogP contribution in [-0.4, -0.2) is 38.7 Å². The number of carbonyl (C=O) groups excluding carboxylic acids is 1. The Morgan fingerprint density at radius 1 is 1.00 bits per heavy atom. The van der Waals surface area contributed by atoms with E-state index in [1.807, 2.05) is 18.2 Å². The minimum absolute atomic E-state index is 0.0925. The van der Waals surface area contributed by atoms with Crippen LogP contribution in [0.15, 0.2) is 59.5 Å². The average molecular weight is 359 g/mol. The normalized spacial score (nSPS) is 16.5. The second kappa shape index (κ2) is 7.37.